The molecule has 0 N–H and O–H groups in total. The Balaban J connectivity index is 1.44. The topological polar surface area (TPSA) is 104 Å². The van der Waals surface area contributed by atoms with E-state index in [-0.39, 0.29) is 19.1 Å². The Labute approximate surface area is 293 Å². The molecule has 2 atom stereocenters. The number of alkyl halides is 2. The maximum absolute atomic E-state index is 13.9. The van der Waals surface area contributed by atoms with Crippen molar-refractivity contribution in [3.63, 3.8) is 0 Å². The van der Waals surface area contributed by atoms with Gasteiger partial charge in [0.15, 0.2) is 0 Å². The number of esters is 3. The molecule has 0 saturated carbocycles. The molecule has 2 aromatic carbocycles. The van der Waals surface area contributed by atoms with Gasteiger partial charge in [-0.15, -0.1) is 0 Å². The van der Waals surface area contributed by atoms with Crippen LogP contribution in [0, 0.1) is 11.3 Å². The fourth-order valence-corrected chi connectivity index (χ4v) is 6.32. The van der Waals surface area contributed by atoms with Gasteiger partial charge in [-0.25, -0.2) is 4.99 Å². The van der Waals surface area contributed by atoms with Crippen molar-refractivity contribution in [2.45, 2.75) is 81.7 Å². The number of para-hydroxylation sites is 1. The zero-order valence-corrected chi connectivity index (χ0v) is 31.5. The number of benzene rings is 2. The van der Waals surface area contributed by atoms with Crippen LogP contribution in [-0.2, 0) is 40.4 Å². The average molecular weight is 775 g/mol. The molecule has 2 heterocycles. The van der Waals surface area contributed by atoms with Gasteiger partial charge >= 0.3 is 17.9 Å². The van der Waals surface area contributed by atoms with Gasteiger partial charge in [-0.2, -0.15) is 0 Å². The van der Waals surface area contributed by atoms with E-state index in [2.05, 4.69) is 68.8 Å². The van der Waals surface area contributed by atoms with Crippen LogP contribution in [0.4, 0.5) is 5.69 Å². The largest absolute Gasteiger partial charge is 0.463 e. The molecule has 0 fully saturated rings. The van der Waals surface area contributed by atoms with Crippen molar-refractivity contribution in [2.75, 3.05) is 25.2 Å². The zero-order valence-electron chi connectivity index (χ0n) is 28.3. The van der Waals surface area contributed by atoms with Crippen LogP contribution < -0.4 is 9.64 Å². The molecule has 47 heavy (non-hydrogen) atoms. The Morgan fingerprint density at radius 1 is 0.936 bits per heavy atom. The van der Waals surface area contributed by atoms with Crippen molar-refractivity contribution in [1.82, 2.24) is 0 Å². The number of rotatable bonds is 8. The standard InChI is InChI=1S/C36H42Br2N2O7/c1-21-16-22-14-15-27-24(18-39-36(47-27)32(2,3)25-12-10-11-13-26(25)40(36)9)23(22)17-28(21)46-31(43)35(8,19-44-29(41)33(4,5)37)20-45-30(42)34(6,7)38/h10-15,17-18,21H,16,19-20H2,1-9H3. The van der Waals surface area contributed by atoms with E-state index in [1.54, 1.807) is 34.6 Å². The van der Waals surface area contributed by atoms with Gasteiger partial charge in [0, 0.05) is 30.4 Å². The minimum atomic E-state index is -1.48. The molecular formula is C36H42Br2N2O7. The number of carbonyl (C=O) groups is 3. The SMILES string of the molecule is CC1Cc2ccc3c(c2C=C1OC(=O)C(C)(COC(=O)C(C)(C)Br)COC(=O)C(C)(C)Br)C=NC1(O3)N(C)c2ccccc2C1(C)C. The number of anilines is 1. The quantitative estimate of drug-likeness (QED) is 0.159. The van der Waals surface area contributed by atoms with E-state index in [0.29, 0.717) is 17.9 Å². The summed E-state index contributed by atoms with van der Waals surface area (Å²) in [4.78, 5) is 46.2. The van der Waals surface area contributed by atoms with E-state index in [1.165, 1.54) is 0 Å². The number of hydrogen-bond donors (Lipinski definition) is 0. The number of halogens is 2. The first-order valence-corrected chi connectivity index (χ1v) is 17.2. The van der Waals surface area contributed by atoms with E-state index in [9.17, 15) is 14.4 Å². The van der Waals surface area contributed by atoms with Gasteiger partial charge in [-0.1, -0.05) is 63.0 Å². The van der Waals surface area contributed by atoms with Crippen LogP contribution in [0.2, 0.25) is 0 Å². The summed E-state index contributed by atoms with van der Waals surface area (Å²) >= 11 is 6.58. The summed E-state index contributed by atoms with van der Waals surface area (Å²) in [6.07, 6.45) is 4.34. The fourth-order valence-electron chi connectivity index (χ4n) is 6.09. The third kappa shape index (κ3) is 6.25. The first-order chi connectivity index (χ1) is 21.7. The molecule has 252 valence electrons. The second-order valence-corrected chi connectivity index (χ2v) is 18.4. The first kappa shape index (κ1) is 35.1. The van der Waals surface area contributed by atoms with Crippen LogP contribution in [0.3, 0.4) is 0 Å². The zero-order chi connectivity index (χ0) is 34.7. The van der Waals surface area contributed by atoms with Crippen molar-refractivity contribution in [1.29, 1.82) is 0 Å². The number of hydrogen-bond acceptors (Lipinski definition) is 9. The number of likely N-dealkylation sites (N-methyl/N-ethyl adjacent to an activating group) is 1. The Morgan fingerprint density at radius 3 is 2.11 bits per heavy atom. The van der Waals surface area contributed by atoms with Gasteiger partial charge < -0.3 is 23.8 Å². The van der Waals surface area contributed by atoms with E-state index < -0.39 is 43.2 Å². The molecule has 0 saturated heterocycles. The lowest BCUT2D eigenvalue weighted by molar-refractivity contribution is -0.168. The number of ether oxygens (including phenoxy) is 4. The molecule has 2 aliphatic heterocycles. The molecule has 2 unspecified atom stereocenters. The summed E-state index contributed by atoms with van der Waals surface area (Å²) in [5.74, 6) is -1.79. The van der Waals surface area contributed by atoms with Gasteiger partial charge in [0.2, 0.25) is 0 Å². The highest BCUT2D eigenvalue weighted by Crippen LogP contribution is 2.54. The average Bonchev–Trinajstić information content (AvgIpc) is 3.15. The lowest BCUT2D eigenvalue weighted by Gasteiger charge is -2.44. The molecule has 9 nitrogen and oxygen atoms in total. The van der Waals surface area contributed by atoms with E-state index in [0.717, 1.165) is 27.9 Å². The third-order valence-electron chi connectivity index (χ3n) is 9.18. The Morgan fingerprint density at radius 2 is 1.53 bits per heavy atom. The summed E-state index contributed by atoms with van der Waals surface area (Å²) in [5, 5.41) is 0. The van der Waals surface area contributed by atoms with Crippen molar-refractivity contribution in [2.24, 2.45) is 16.3 Å². The highest BCUT2D eigenvalue weighted by atomic mass is 79.9. The van der Waals surface area contributed by atoms with Crippen molar-refractivity contribution in [3.8, 4) is 5.75 Å². The van der Waals surface area contributed by atoms with Gasteiger partial charge in [0.05, 0.1) is 5.41 Å². The summed E-state index contributed by atoms with van der Waals surface area (Å²) < 4.78 is 21.9. The van der Waals surface area contributed by atoms with Crippen LogP contribution in [0.25, 0.3) is 6.08 Å². The number of carbonyl (C=O) groups excluding carboxylic acids is 3. The van der Waals surface area contributed by atoms with Crippen LogP contribution in [-0.4, -0.2) is 58.9 Å². The molecule has 11 heteroatoms. The minimum absolute atomic E-state index is 0.135. The molecule has 0 aromatic heterocycles. The number of allylic oxidation sites excluding steroid dienone is 1. The second-order valence-electron chi connectivity index (χ2n) is 14.4. The lowest BCUT2D eigenvalue weighted by atomic mass is 9.81. The maximum atomic E-state index is 13.9. The second kappa shape index (κ2) is 12.1. The summed E-state index contributed by atoms with van der Waals surface area (Å²) in [7, 11) is 2.00. The maximum Gasteiger partial charge on any atom is 0.323 e. The van der Waals surface area contributed by atoms with Crippen molar-refractivity contribution < 1.29 is 33.3 Å². The van der Waals surface area contributed by atoms with Crippen LogP contribution in [0.5, 0.6) is 5.75 Å². The van der Waals surface area contributed by atoms with Gasteiger partial charge in [0.25, 0.3) is 5.85 Å². The summed E-state index contributed by atoms with van der Waals surface area (Å²) in [5.41, 5.74) is 3.04. The Bertz CT molecular complexity index is 1650. The Kier molecular flexibility index (Phi) is 9.01. The number of aliphatic imine (C=N–C) groups is 1. The smallest absolute Gasteiger partial charge is 0.323 e. The van der Waals surface area contributed by atoms with Crippen molar-refractivity contribution in [3.05, 3.63) is 64.4 Å². The molecule has 1 spiro atoms. The molecule has 0 bridgehead atoms. The van der Waals surface area contributed by atoms with Crippen LogP contribution >= 0.6 is 31.9 Å². The molecular weight excluding hydrogens is 732 g/mol. The highest BCUT2D eigenvalue weighted by molar-refractivity contribution is 9.10. The fraction of sp³-hybridized carbons (Fsp3) is 0.500. The predicted octanol–water partition coefficient (Wildman–Crippen LogP) is 7.10. The number of nitrogens with zero attached hydrogens (tertiary/aromatic N) is 2. The summed E-state index contributed by atoms with van der Waals surface area (Å²) in [6, 6.07) is 12.3. The minimum Gasteiger partial charge on any atom is -0.463 e. The van der Waals surface area contributed by atoms with Gasteiger partial charge in [0.1, 0.15) is 38.8 Å². The number of fused-ring (bicyclic) bond motifs is 4. The van der Waals surface area contributed by atoms with Crippen molar-refractivity contribution >= 4 is 67.7 Å². The highest BCUT2D eigenvalue weighted by Gasteiger charge is 2.59. The predicted molar refractivity (Wildman–Crippen MR) is 188 cm³/mol. The van der Waals surface area contributed by atoms with Gasteiger partial charge in [-0.3, -0.25) is 14.4 Å². The molecule has 0 amide bonds. The lowest BCUT2D eigenvalue weighted by Crippen LogP contribution is -2.58. The third-order valence-corrected chi connectivity index (χ3v) is 9.83. The molecule has 0 radical (unpaired) electrons. The Hall–Kier alpha value is -3.18. The first-order valence-electron chi connectivity index (χ1n) is 15.6. The van der Waals surface area contributed by atoms with Gasteiger partial charge in [-0.05, 0) is 89.8 Å². The monoisotopic (exact) mass is 772 g/mol. The van der Waals surface area contributed by atoms with Crippen LogP contribution in [0.1, 0.15) is 77.6 Å². The molecule has 5 rings (SSSR count). The van der Waals surface area contributed by atoms with E-state index in [4.69, 9.17) is 23.9 Å². The normalized spacial score (nSPS) is 21.2. The molecule has 2 aromatic rings. The van der Waals surface area contributed by atoms with E-state index in [1.807, 2.05) is 44.5 Å². The molecule has 1 aliphatic carbocycles. The van der Waals surface area contributed by atoms with E-state index >= 15 is 0 Å². The van der Waals surface area contributed by atoms with Crippen LogP contribution in [0.15, 0.2) is 47.1 Å². The summed E-state index contributed by atoms with van der Waals surface area (Å²) in [6.45, 7) is 13.7. The molecule has 3 aliphatic rings.